The van der Waals surface area contributed by atoms with Gasteiger partial charge in [-0.2, -0.15) is 0 Å². The van der Waals surface area contributed by atoms with Gasteiger partial charge in [0.05, 0.1) is 0 Å². The normalized spacial score (nSPS) is 12.7. The minimum Gasteiger partial charge on any atom is -0.480 e. The van der Waals surface area contributed by atoms with Crippen molar-refractivity contribution in [3.63, 3.8) is 0 Å². The summed E-state index contributed by atoms with van der Waals surface area (Å²) < 4.78 is 13.1. The molecule has 0 spiro atoms. The average molecular weight is 386 g/mol. The van der Waals surface area contributed by atoms with Crippen molar-refractivity contribution in [3.8, 4) is 0 Å². The van der Waals surface area contributed by atoms with Crippen molar-refractivity contribution >= 4 is 17.8 Å². The van der Waals surface area contributed by atoms with Crippen LogP contribution in [0.5, 0.6) is 0 Å². The Balaban J connectivity index is 2.12. The second kappa shape index (κ2) is 9.64. The molecule has 0 aliphatic carbocycles. The van der Waals surface area contributed by atoms with Gasteiger partial charge in [-0.15, -0.1) is 0 Å². The summed E-state index contributed by atoms with van der Waals surface area (Å²) in [5.74, 6) is -2.61. The van der Waals surface area contributed by atoms with Gasteiger partial charge < -0.3 is 15.7 Å². The van der Waals surface area contributed by atoms with E-state index in [1.807, 2.05) is 25.1 Å². The molecule has 0 unspecified atom stereocenters. The lowest BCUT2D eigenvalue weighted by Gasteiger charge is -2.21. The van der Waals surface area contributed by atoms with Crippen molar-refractivity contribution in [1.29, 1.82) is 0 Å². The highest BCUT2D eigenvalue weighted by Gasteiger charge is 2.26. The Hall–Kier alpha value is -3.22. The standard InChI is InChI=1S/C21H23FN2O4/c1-13-4-3-5-16(10-13)12-19(21(27)28)24-20(26)18(23-14(2)25)11-15-6-8-17(22)9-7-15/h3-10,18-19H,11-12H2,1-2H3,(H,23,25)(H,24,26)(H,27,28)/t18-,19-/m1/s1. The maximum absolute atomic E-state index is 13.1. The molecule has 2 atom stereocenters. The lowest BCUT2D eigenvalue weighted by molar-refractivity contribution is -0.142. The van der Waals surface area contributed by atoms with Crippen LogP contribution < -0.4 is 10.6 Å². The molecule has 0 bridgehead atoms. The molecule has 6 nitrogen and oxygen atoms in total. The third-order valence-electron chi connectivity index (χ3n) is 4.18. The molecule has 3 N–H and O–H groups in total. The van der Waals surface area contributed by atoms with Crippen molar-refractivity contribution in [2.75, 3.05) is 0 Å². The number of carbonyl (C=O) groups excluding carboxylic acids is 2. The molecule has 2 aromatic carbocycles. The Labute approximate surface area is 162 Å². The topological polar surface area (TPSA) is 95.5 Å². The third kappa shape index (κ3) is 6.50. The van der Waals surface area contributed by atoms with Gasteiger partial charge in [0.2, 0.25) is 11.8 Å². The van der Waals surface area contributed by atoms with Crippen LogP contribution in [0.2, 0.25) is 0 Å². The fourth-order valence-corrected chi connectivity index (χ4v) is 2.86. The number of aliphatic carboxylic acids is 1. The Kier molecular flexibility index (Phi) is 7.26. The fourth-order valence-electron chi connectivity index (χ4n) is 2.86. The second-order valence-electron chi connectivity index (χ2n) is 6.68. The van der Waals surface area contributed by atoms with Gasteiger partial charge in [-0.05, 0) is 30.2 Å². The molecular formula is C21H23FN2O4. The summed E-state index contributed by atoms with van der Waals surface area (Å²) in [7, 11) is 0. The van der Waals surface area contributed by atoms with E-state index in [9.17, 15) is 23.9 Å². The number of nitrogens with one attached hydrogen (secondary N) is 2. The number of benzene rings is 2. The first-order chi connectivity index (χ1) is 13.2. The van der Waals surface area contributed by atoms with Crippen LogP contribution in [0.15, 0.2) is 48.5 Å². The zero-order valence-corrected chi connectivity index (χ0v) is 15.7. The van der Waals surface area contributed by atoms with Crippen LogP contribution in [-0.2, 0) is 27.2 Å². The third-order valence-corrected chi connectivity index (χ3v) is 4.18. The molecule has 0 saturated heterocycles. The van der Waals surface area contributed by atoms with Gasteiger partial charge >= 0.3 is 5.97 Å². The van der Waals surface area contributed by atoms with E-state index >= 15 is 0 Å². The number of carboxylic acid groups (broad SMARTS) is 1. The van der Waals surface area contributed by atoms with Crippen LogP contribution in [0, 0.1) is 12.7 Å². The molecule has 0 aliphatic heterocycles. The second-order valence-corrected chi connectivity index (χ2v) is 6.68. The van der Waals surface area contributed by atoms with Gasteiger partial charge in [0.25, 0.3) is 0 Å². The van der Waals surface area contributed by atoms with Crippen LogP contribution in [0.25, 0.3) is 0 Å². The average Bonchev–Trinajstić information content (AvgIpc) is 2.62. The molecule has 2 amide bonds. The minimum absolute atomic E-state index is 0.114. The summed E-state index contributed by atoms with van der Waals surface area (Å²) >= 11 is 0. The van der Waals surface area contributed by atoms with E-state index in [1.165, 1.54) is 31.2 Å². The molecule has 2 aromatic rings. The lowest BCUT2D eigenvalue weighted by atomic mass is 10.0. The number of rotatable bonds is 8. The number of carbonyl (C=O) groups is 3. The van der Waals surface area contributed by atoms with Gasteiger partial charge in [0.15, 0.2) is 0 Å². The molecule has 0 fully saturated rings. The molecule has 2 rings (SSSR count). The SMILES string of the molecule is CC(=O)N[C@H](Cc1ccc(F)cc1)C(=O)N[C@H](Cc1cccc(C)c1)C(=O)O. The van der Waals surface area contributed by atoms with E-state index in [0.717, 1.165) is 11.1 Å². The first-order valence-electron chi connectivity index (χ1n) is 8.85. The largest absolute Gasteiger partial charge is 0.480 e. The van der Waals surface area contributed by atoms with Gasteiger partial charge in [-0.1, -0.05) is 42.0 Å². The molecule has 148 valence electrons. The van der Waals surface area contributed by atoms with Crippen LogP contribution in [0.3, 0.4) is 0 Å². The van der Waals surface area contributed by atoms with E-state index in [1.54, 1.807) is 6.07 Å². The van der Waals surface area contributed by atoms with Gasteiger partial charge in [-0.3, -0.25) is 9.59 Å². The van der Waals surface area contributed by atoms with Crippen LogP contribution in [0.1, 0.15) is 23.6 Å². The van der Waals surface area contributed by atoms with Crippen LogP contribution in [-0.4, -0.2) is 35.0 Å². The first kappa shape index (κ1) is 21.1. The van der Waals surface area contributed by atoms with Crippen molar-refractivity contribution in [3.05, 3.63) is 71.0 Å². The Morgan fingerprint density at radius 2 is 1.61 bits per heavy atom. The van der Waals surface area contributed by atoms with E-state index in [4.69, 9.17) is 0 Å². The quantitative estimate of drug-likeness (QED) is 0.647. The zero-order chi connectivity index (χ0) is 20.7. The summed E-state index contributed by atoms with van der Waals surface area (Å²) in [5.41, 5.74) is 2.41. The molecule has 7 heteroatoms. The number of aryl methyl sites for hydroxylation is 1. The fraction of sp³-hybridized carbons (Fsp3) is 0.286. The van der Waals surface area contributed by atoms with E-state index in [2.05, 4.69) is 10.6 Å². The summed E-state index contributed by atoms with van der Waals surface area (Å²) in [5, 5.41) is 14.5. The predicted molar refractivity (Wildman–Crippen MR) is 102 cm³/mol. The number of halogens is 1. The first-order valence-corrected chi connectivity index (χ1v) is 8.85. The van der Waals surface area contributed by atoms with Crippen molar-refractivity contribution < 1.29 is 23.9 Å². The van der Waals surface area contributed by atoms with Crippen LogP contribution >= 0.6 is 0 Å². The molecule has 0 aliphatic rings. The maximum atomic E-state index is 13.1. The van der Waals surface area contributed by atoms with Crippen molar-refractivity contribution in [2.45, 2.75) is 38.8 Å². The minimum atomic E-state index is -1.17. The molecule has 28 heavy (non-hydrogen) atoms. The maximum Gasteiger partial charge on any atom is 0.326 e. The lowest BCUT2D eigenvalue weighted by Crippen LogP contribution is -2.52. The van der Waals surface area contributed by atoms with Gasteiger partial charge in [-0.25, -0.2) is 9.18 Å². The number of carboxylic acids is 1. The predicted octanol–water partition coefficient (Wildman–Crippen LogP) is 1.99. The monoisotopic (exact) mass is 386 g/mol. The zero-order valence-electron chi connectivity index (χ0n) is 15.7. The Morgan fingerprint density at radius 1 is 0.964 bits per heavy atom. The highest BCUT2D eigenvalue weighted by molar-refractivity contribution is 5.90. The highest BCUT2D eigenvalue weighted by Crippen LogP contribution is 2.09. The molecule has 0 saturated carbocycles. The summed E-state index contributed by atoms with van der Waals surface area (Å²) in [6.45, 7) is 3.17. The highest BCUT2D eigenvalue weighted by atomic mass is 19.1. The summed E-state index contributed by atoms with van der Waals surface area (Å²) in [6.07, 6.45) is 0.231. The molecule has 0 radical (unpaired) electrons. The summed E-state index contributed by atoms with van der Waals surface area (Å²) in [6, 6.07) is 10.8. The van der Waals surface area contributed by atoms with Gasteiger partial charge in [0, 0.05) is 19.8 Å². The smallest absolute Gasteiger partial charge is 0.326 e. The van der Waals surface area contributed by atoms with E-state index in [-0.39, 0.29) is 12.8 Å². The van der Waals surface area contributed by atoms with Gasteiger partial charge in [0.1, 0.15) is 17.9 Å². The Morgan fingerprint density at radius 3 is 2.18 bits per heavy atom. The molecule has 0 aromatic heterocycles. The van der Waals surface area contributed by atoms with Crippen molar-refractivity contribution in [1.82, 2.24) is 10.6 Å². The van der Waals surface area contributed by atoms with Crippen LogP contribution in [0.4, 0.5) is 4.39 Å². The number of amides is 2. The number of hydrogen-bond acceptors (Lipinski definition) is 3. The Bertz CT molecular complexity index is 852. The molecule has 0 heterocycles. The number of hydrogen-bond donors (Lipinski definition) is 3. The van der Waals surface area contributed by atoms with E-state index < -0.39 is 35.7 Å². The molecular weight excluding hydrogens is 363 g/mol. The summed E-state index contributed by atoms with van der Waals surface area (Å²) in [4.78, 5) is 35.8. The van der Waals surface area contributed by atoms with Crippen molar-refractivity contribution in [2.24, 2.45) is 0 Å². The van der Waals surface area contributed by atoms with E-state index in [0.29, 0.717) is 5.56 Å².